The van der Waals surface area contributed by atoms with E-state index in [1.165, 1.54) is 6.07 Å². The molecule has 16 heavy (non-hydrogen) atoms. The Kier molecular flexibility index (Phi) is 1.96. The molecule has 2 nitrogen and oxygen atoms in total. The summed E-state index contributed by atoms with van der Waals surface area (Å²) < 4.78 is 13.7. The molecule has 0 radical (unpaired) electrons. The van der Waals surface area contributed by atoms with Gasteiger partial charge in [-0.05, 0) is 24.3 Å². The number of aromatic amines is 1. The van der Waals surface area contributed by atoms with Crippen LogP contribution < -0.4 is 0 Å². The summed E-state index contributed by atoms with van der Waals surface area (Å²) in [6, 6.07) is 10.5. The summed E-state index contributed by atoms with van der Waals surface area (Å²) >= 11 is 0. The molecule has 0 saturated heterocycles. The third kappa shape index (κ3) is 1.29. The Balaban J connectivity index is 2.34. The normalized spacial score (nSPS) is 10.8. The molecular formula is C13H9FN2. The van der Waals surface area contributed by atoms with Crippen LogP contribution in [0.2, 0.25) is 0 Å². The molecule has 0 bridgehead atoms. The van der Waals surface area contributed by atoms with Gasteiger partial charge in [0.05, 0.1) is 11.2 Å². The first kappa shape index (κ1) is 9.09. The molecule has 1 aromatic carbocycles. The first-order chi connectivity index (χ1) is 7.86. The van der Waals surface area contributed by atoms with E-state index in [1.807, 2.05) is 24.4 Å². The van der Waals surface area contributed by atoms with Gasteiger partial charge in [-0.3, -0.25) is 4.98 Å². The fourth-order valence-corrected chi connectivity index (χ4v) is 1.84. The summed E-state index contributed by atoms with van der Waals surface area (Å²) in [5.41, 5.74) is 2.05. The van der Waals surface area contributed by atoms with Crippen molar-refractivity contribution in [3.05, 3.63) is 54.6 Å². The summed E-state index contributed by atoms with van der Waals surface area (Å²) in [6.07, 6.45) is 3.52. The van der Waals surface area contributed by atoms with Crippen LogP contribution in [0.1, 0.15) is 0 Å². The average molecular weight is 212 g/mol. The van der Waals surface area contributed by atoms with E-state index in [0.717, 1.165) is 10.9 Å². The summed E-state index contributed by atoms with van der Waals surface area (Å²) in [6.45, 7) is 0. The Morgan fingerprint density at radius 3 is 2.81 bits per heavy atom. The van der Waals surface area contributed by atoms with Gasteiger partial charge in [0.25, 0.3) is 0 Å². The number of rotatable bonds is 1. The molecule has 0 amide bonds. The highest BCUT2D eigenvalue weighted by Crippen LogP contribution is 2.26. The van der Waals surface area contributed by atoms with Crippen molar-refractivity contribution in [2.45, 2.75) is 0 Å². The number of aromatic nitrogens is 2. The van der Waals surface area contributed by atoms with E-state index in [-0.39, 0.29) is 5.82 Å². The number of nitrogens with one attached hydrogen (secondary N) is 1. The maximum atomic E-state index is 13.7. The highest BCUT2D eigenvalue weighted by atomic mass is 19.1. The van der Waals surface area contributed by atoms with Crippen LogP contribution in [0.15, 0.2) is 48.8 Å². The van der Waals surface area contributed by atoms with Gasteiger partial charge in [-0.25, -0.2) is 4.39 Å². The number of pyridine rings is 1. The Morgan fingerprint density at radius 2 is 1.94 bits per heavy atom. The van der Waals surface area contributed by atoms with Crippen molar-refractivity contribution in [2.75, 3.05) is 0 Å². The van der Waals surface area contributed by atoms with E-state index >= 15 is 0 Å². The Morgan fingerprint density at radius 1 is 1.06 bits per heavy atom. The van der Waals surface area contributed by atoms with E-state index < -0.39 is 0 Å². The average Bonchev–Trinajstić information content (AvgIpc) is 2.77. The maximum Gasteiger partial charge on any atom is 0.132 e. The fraction of sp³-hybridized carbons (Fsp3) is 0. The van der Waals surface area contributed by atoms with Crippen LogP contribution in [-0.4, -0.2) is 9.97 Å². The number of H-pyrrole nitrogens is 1. The van der Waals surface area contributed by atoms with Crippen LogP contribution in [0.3, 0.4) is 0 Å². The standard InChI is InChI=1S/C13H9FN2/c14-11-4-2-1-3-10(11)13-12-9(5-7-15-12)6-8-16-13/h1-8,15H. The molecular weight excluding hydrogens is 203 g/mol. The lowest BCUT2D eigenvalue weighted by atomic mass is 10.1. The van der Waals surface area contributed by atoms with Crippen molar-refractivity contribution < 1.29 is 4.39 Å². The lowest BCUT2D eigenvalue weighted by Crippen LogP contribution is -1.88. The highest BCUT2D eigenvalue weighted by Gasteiger charge is 2.09. The molecule has 3 heteroatoms. The first-order valence-corrected chi connectivity index (χ1v) is 5.03. The van der Waals surface area contributed by atoms with Gasteiger partial charge in [0.1, 0.15) is 5.82 Å². The SMILES string of the molecule is Fc1ccccc1-c1nccc2cc[nH]c12. The van der Waals surface area contributed by atoms with Gasteiger partial charge < -0.3 is 4.98 Å². The molecule has 2 heterocycles. The third-order valence-electron chi connectivity index (χ3n) is 2.60. The maximum absolute atomic E-state index is 13.7. The number of hydrogen-bond donors (Lipinski definition) is 1. The van der Waals surface area contributed by atoms with Gasteiger partial charge in [-0.2, -0.15) is 0 Å². The van der Waals surface area contributed by atoms with Crippen LogP contribution in [-0.2, 0) is 0 Å². The number of nitrogens with zero attached hydrogens (tertiary/aromatic N) is 1. The molecule has 3 aromatic rings. The van der Waals surface area contributed by atoms with E-state index in [9.17, 15) is 4.39 Å². The Bertz CT molecular complexity index is 643. The zero-order valence-corrected chi connectivity index (χ0v) is 8.44. The number of fused-ring (bicyclic) bond motifs is 1. The molecule has 0 aliphatic heterocycles. The molecule has 0 aliphatic carbocycles. The van der Waals surface area contributed by atoms with E-state index in [1.54, 1.807) is 18.3 Å². The van der Waals surface area contributed by atoms with Crippen molar-refractivity contribution in [1.29, 1.82) is 0 Å². The fourth-order valence-electron chi connectivity index (χ4n) is 1.84. The van der Waals surface area contributed by atoms with Crippen molar-refractivity contribution in [2.24, 2.45) is 0 Å². The molecule has 0 fully saturated rings. The van der Waals surface area contributed by atoms with Crippen LogP contribution in [0.25, 0.3) is 22.2 Å². The van der Waals surface area contributed by atoms with E-state index in [4.69, 9.17) is 0 Å². The van der Waals surface area contributed by atoms with Gasteiger partial charge in [0, 0.05) is 23.3 Å². The van der Waals surface area contributed by atoms with E-state index in [2.05, 4.69) is 9.97 Å². The second-order valence-corrected chi connectivity index (χ2v) is 3.58. The number of benzene rings is 1. The third-order valence-corrected chi connectivity index (χ3v) is 2.60. The molecule has 78 valence electrons. The lowest BCUT2D eigenvalue weighted by Gasteiger charge is -2.03. The second kappa shape index (κ2) is 3.45. The minimum atomic E-state index is -0.253. The predicted octanol–water partition coefficient (Wildman–Crippen LogP) is 3.37. The summed E-state index contributed by atoms with van der Waals surface area (Å²) in [4.78, 5) is 7.32. The number of hydrogen-bond acceptors (Lipinski definition) is 1. The second-order valence-electron chi connectivity index (χ2n) is 3.58. The van der Waals surface area contributed by atoms with Gasteiger partial charge in [-0.1, -0.05) is 12.1 Å². The zero-order chi connectivity index (χ0) is 11.0. The van der Waals surface area contributed by atoms with Gasteiger partial charge in [0.15, 0.2) is 0 Å². The summed E-state index contributed by atoms with van der Waals surface area (Å²) in [7, 11) is 0. The Hall–Kier alpha value is -2.16. The van der Waals surface area contributed by atoms with E-state index in [0.29, 0.717) is 11.3 Å². The minimum absolute atomic E-state index is 0.253. The molecule has 0 atom stereocenters. The lowest BCUT2D eigenvalue weighted by molar-refractivity contribution is 0.631. The van der Waals surface area contributed by atoms with Crippen LogP contribution in [0, 0.1) is 5.82 Å². The van der Waals surface area contributed by atoms with Crippen LogP contribution in [0.4, 0.5) is 4.39 Å². The molecule has 0 unspecified atom stereocenters. The van der Waals surface area contributed by atoms with Gasteiger partial charge >= 0.3 is 0 Å². The minimum Gasteiger partial charge on any atom is -0.359 e. The quantitative estimate of drug-likeness (QED) is 0.658. The van der Waals surface area contributed by atoms with Crippen molar-refractivity contribution in [1.82, 2.24) is 9.97 Å². The smallest absolute Gasteiger partial charge is 0.132 e. The number of halogens is 1. The molecule has 0 aliphatic rings. The van der Waals surface area contributed by atoms with Crippen molar-refractivity contribution in [3.8, 4) is 11.3 Å². The Labute approximate surface area is 91.8 Å². The largest absolute Gasteiger partial charge is 0.359 e. The molecule has 0 saturated carbocycles. The van der Waals surface area contributed by atoms with Crippen molar-refractivity contribution >= 4 is 10.9 Å². The van der Waals surface area contributed by atoms with Gasteiger partial charge in [0.2, 0.25) is 0 Å². The molecule has 0 spiro atoms. The van der Waals surface area contributed by atoms with Crippen LogP contribution in [0.5, 0.6) is 0 Å². The van der Waals surface area contributed by atoms with Crippen molar-refractivity contribution in [3.63, 3.8) is 0 Å². The zero-order valence-electron chi connectivity index (χ0n) is 8.44. The summed E-state index contributed by atoms with van der Waals surface area (Å²) in [5, 5.41) is 1.04. The summed E-state index contributed by atoms with van der Waals surface area (Å²) in [5.74, 6) is -0.253. The topological polar surface area (TPSA) is 28.7 Å². The monoisotopic (exact) mass is 212 g/mol. The first-order valence-electron chi connectivity index (χ1n) is 5.03. The molecule has 2 aromatic heterocycles. The van der Waals surface area contributed by atoms with Gasteiger partial charge in [-0.15, -0.1) is 0 Å². The highest BCUT2D eigenvalue weighted by molar-refractivity contribution is 5.91. The van der Waals surface area contributed by atoms with Crippen LogP contribution >= 0.6 is 0 Å². The molecule has 1 N–H and O–H groups in total. The predicted molar refractivity (Wildman–Crippen MR) is 61.5 cm³/mol. The molecule has 3 rings (SSSR count).